The van der Waals surface area contributed by atoms with Gasteiger partial charge in [-0.2, -0.15) is 0 Å². The summed E-state index contributed by atoms with van der Waals surface area (Å²) in [7, 11) is 1.50. The average Bonchev–Trinajstić information content (AvgIpc) is 2.21. The second-order valence-corrected chi connectivity index (χ2v) is 1.89. The van der Waals surface area contributed by atoms with E-state index in [1.54, 1.807) is 12.1 Å². The Bertz CT molecular complexity index is 229. The molecule has 2 heteroatoms. The Morgan fingerprint density at radius 2 is 1.67 bits per heavy atom. The molecule has 0 N–H and O–H groups in total. The van der Waals surface area contributed by atoms with Crippen LogP contribution in [0.15, 0.2) is 35.3 Å². The predicted molar refractivity (Wildman–Crippen MR) is 50.3 cm³/mol. The summed E-state index contributed by atoms with van der Waals surface area (Å²) in [6.45, 7) is 4.00. The minimum Gasteiger partial charge on any atom is -0.859 e. The maximum atomic E-state index is 10.8. The SMILES string of the molecule is CC.CN=C([O-])c1ccccc1. The van der Waals surface area contributed by atoms with E-state index in [1.807, 2.05) is 32.0 Å². The third-order valence-electron chi connectivity index (χ3n) is 1.22. The molecule has 0 heterocycles. The second-order valence-electron chi connectivity index (χ2n) is 1.89. The Labute approximate surface area is 73.6 Å². The maximum Gasteiger partial charge on any atom is 0.0270 e. The molecule has 0 aromatic heterocycles. The minimum absolute atomic E-state index is 0.166. The van der Waals surface area contributed by atoms with E-state index < -0.39 is 0 Å². The molecule has 12 heavy (non-hydrogen) atoms. The zero-order valence-electron chi connectivity index (χ0n) is 7.74. The first-order valence-corrected chi connectivity index (χ1v) is 4.04. The number of aliphatic imine (C=N–C) groups is 1. The second kappa shape index (κ2) is 6.40. The van der Waals surface area contributed by atoms with E-state index in [9.17, 15) is 5.11 Å². The van der Waals surface area contributed by atoms with Crippen LogP contribution in [0.25, 0.3) is 0 Å². The monoisotopic (exact) mass is 164 g/mol. The van der Waals surface area contributed by atoms with Gasteiger partial charge in [0, 0.05) is 7.05 Å². The molecule has 1 rings (SSSR count). The summed E-state index contributed by atoms with van der Waals surface area (Å²) >= 11 is 0. The molecule has 0 bridgehead atoms. The topological polar surface area (TPSA) is 35.4 Å². The number of rotatable bonds is 1. The normalized spacial score (nSPS) is 10.1. The minimum atomic E-state index is -0.166. The number of hydrogen-bond acceptors (Lipinski definition) is 2. The van der Waals surface area contributed by atoms with Gasteiger partial charge in [0.1, 0.15) is 0 Å². The third kappa shape index (κ3) is 3.19. The molecule has 1 aromatic rings. The quantitative estimate of drug-likeness (QED) is 0.457. The van der Waals surface area contributed by atoms with Crippen LogP contribution in [0.4, 0.5) is 0 Å². The van der Waals surface area contributed by atoms with Crippen LogP contribution in [-0.2, 0) is 0 Å². The molecule has 0 aliphatic heterocycles. The standard InChI is InChI=1S/C8H9NO.C2H6/c1-9-8(10)7-5-3-2-4-6-7;1-2/h2-6H,1H3,(H,9,10);1-2H3/p-1. The number of benzene rings is 1. The highest BCUT2D eigenvalue weighted by Crippen LogP contribution is 1.95. The smallest absolute Gasteiger partial charge is 0.0270 e. The molecule has 2 nitrogen and oxygen atoms in total. The van der Waals surface area contributed by atoms with Crippen molar-refractivity contribution in [1.29, 1.82) is 0 Å². The summed E-state index contributed by atoms with van der Waals surface area (Å²) in [4.78, 5) is 3.52. The lowest BCUT2D eigenvalue weighted by Crippen LogP contribution is -2.17. The first-order valence-electron chi connectivity index (χ1n) is 4.04. The highest BCUT2D eigenvalue weighted by Gasteiger charge is 1.84. The lowest BCUT2D eigenvalue weighted by atomic mass is 10.2. The van der Waals surface area contributed by atoms with E-state index in [1.165, 1.54) is 7.05 Å². The van der Waals surface area contributed by atoms with Gasteiger partial charge in [0.05, 0.1) is 0 Å². The Hall–Kier alpha value is -1.31. The molecule has 66 valence electrons. The van der Waals surface area contributed by atoms with Gasteiger partial charge in [0.2, 0.25) is 0 Å². The zero-order chi connectivity index (χ0) is 9.40. The first kappa shape index (κ1) is 10.7. The molecule has 0 saturated carbocycles. The summed E-state index contributed by atoms with van der Waals surface area (Å²) in [5.41, 5.74) is 0.644. The number of nitrogens with zero attached hydrogens (tertiary/aromatic N) is 1. The molecule has 1 aromatic carbocycles. The third-order valence-corrected chi connectivity index (χ3v) is 1.22. The van der Waals surface area contributed by atoms with Crippen LogP contribution < -0.4 is 5.11 Å². The molecule has 0 aliphatic carbocycles. The summed E-state index contributed by atoms with van der Waals surface area (Å²) in [6, 6.07) is 8.99. The fourth-order valence-corrected chi connectivity index (χ4v) is 0.710. The molecule has 0 aliphatic rings. The van der Waals surface area contributed by atoms with E-state index in [4.69, 9.17) is 0 Å². The Kier molecular flexibility index (Phi) is 5.70. The molecular formula is C10H14NO-. The Balaban J connectivity index is 0.000000561. The summed E-state index contributed by atoms with van der Waals surface area (Å²) in [5.74, 6) is -0.166. The van der Waals surface area contributed by atoms with Gasteiger partial charge >= 0.3 is 0 Å². The molecule has 0 unspecified atom stereocenters. The van der Waals surface area contributed by atoms with Crippen LogP contribution >= 0.6 is 0 Å². The highest BCUT2D eigenvalue weighted by molar-refractivity contribution is 5.90. The van der Waals surface area contributed by atoms with Crippen molar-refractivity contribution >= 4 is 5.90 Å². The van der Waals surface area contributed by atoms with Crippen molar-refractivity contribution in [2.45, 2.75) is 13.8 Å². The molecule has 0 saturated heterocycles. The van der Waals surface area contributed by atoms with Gasteiger partial charge in [0.15, 0.2) is 0 Å². The Morgan fingerprint density at radius 1 is 1.17 bits per heavy atom. The van der Waals surface area contributed by atoms with Gasteiger partial charge in [-0.3, -0.25) is 0 Å². The van der Waals surface area contributed by atoms with Gasteiger partial charge in [-0.25, -0.2) is 0 Å². The molecule has 0 amide bonds. The van der Waals surface area contributed by atoms with Gasteiger partial charge in [-0.05, 0) is 11.5 Å². The first-order chi connectivity index (χ1) is 5.84. The Morgan fingerprint density at radius 3 is 2.08 bits per heavy atom. The number of hydrogen-bond donors (Lipinski definition) is 0. The fourth-order valence-electron chi connectivity index (χ4n) is 0.710. The van der Waals surface area contributed by atoms with E-state index >= 15 is 0 Å². The fraction of sp³-hybridized carbons (Fsp3) is 0.300. The van der Waals surface area contributed by atoms with Crippen molar-refractivity contribution < 1.29 is 5.11 Å². The lowest BCUT2D eigenvalue weighted by Gasteiger charge is -2.07. The molecule has 0 spiro atoms. The summed E-state index contributed by atoms with van der Waals surface area (Å²) in [6.07, 6.45) is 0. The summed E-state index contributed by atoms with van der Waals surface area (Å²) < 4.78 is 0. The summed E-state index contributed by atoms with van der Waals surface area (Å²) in [5, 5.41) is 10.8. The van der Waals surface area contributed by atoms with Crippen molar-refractivity contribution in [2.75, 3.05) is 7.05 Å². The van der Waals surface area contributed by atoms with E-state index in [0.29, 0.717) is 5.56 Å². The lowest BCUT2D eigenvalue weighted by molar-refractivity contribution is -0.213. The predicted octanol–water partition coefficient (Wildman–Crippen LogP) is 1.45. The largest absolute Gasteiger partial charge is 0.859 e. The van der Waals surface area contributed by atoms with E-state index in [-0.39, 0.29) is 5.90 Å². The van der Waals surface area contributed by atoms with Crippen molar-refractivity contribution in [3.63, 3.8) is 0 Å². The van der Waals surface area contributed by atoms with Gasteiger partial charge < -0.3 is 10.1 Å². The van der Waals surface area contributed by atoms with E-state index in [0.717, 1.165) is 0 Å². The van der Waals surface area contributed by atoms with Crippen LogP contribution in [0.1, 0.15) is 19.4 Å². The average molecular weight is 164 g/mol. The van der Waals surface area contributed by atoms with Gasteiger partial charge in [-0.15, -0.1) is 0 Å². The molecule has 0 radical (unpaired) electrons. The van der Waals surface area contributed by atoms with Crippen LogP contribution in [-0.4, -0.2) is 12.9 Å². The highest BCUT2D eigenvalue weighted by atomic mass is 16.3. The van der Waals surface area contributed by atoms with Crippen molar-refractivity contribution in [2.24, 2.45) is 4.99 Å². The van der Waals surface area contributed by atoms with Crippen LogP contribution in [0.5, 0.6) is 0 Å². The maximum absolute atomic E-state index is 10.8. The van der Waals surface area contributed by atoms with Crippen LogP contribution in [0.3, 0.4) is 0 Å². The van der Waals surface area contributed by atoms with Crippen LogP contribution in [0, 0.1) is 0 Å². The van der Waals surface area contributed by atoms with Crippen molar-refractivity contribution in [3.8, 4) is 0 Å². The van der Waals surface area contributed by atoms with Crippen molar-refractivity contribution in [3.05, 3.63) is 35.9 Å². The van der Waals surface area contributed by atoms with Crippen molar-refractivity contribution in [1.82, 2.24) is 0 Å². The van der Waals surface area contributed by atoms with Gasteiger partial charge in [-0.1, -0.05) is 44.2 Å². The van der Waals surface area contributed by atoms with E-state index in [2.05, 4.69) is 4.99 Å². The van der Waals surface area contributed by atoms with Gasteiger partial charge in [0.25, 0.3) is 0 Å². The molecule has 0 atom stereocenters. The molecule has 0 fully saturated rings. The van der Waals surface area contributed by atoms with Crippen LogP contribution in [0.2, 0.25) is 0 Å². The zero-order valence-corrected chi connectivity index (χ0v) is 7.74. The molecular weight excluding hydrogens is 150 g/mol.